The van der Waals surface area contributed by atoms with Crippen molar-refractivity contribution in [2.45, 2.75) is 44.9 Å². The topological polar surface area (TPSA) is 108 Å². The molecule has 1 atom stereocenters. The summed E-state index contributed by atoms with van der Waals surface area (Å²) in [7, 11) is 2.71. The van der Waals surface area contributed by atoms with Crippen molar-refractivity contribution in [1.29, 1.82) is 0 Å². The molecule has 3 rings (SSSR count). The van der Waals surface area contributed by atoms with Gasteiger partial charge in [0.1, 0.15) is 12.4 Å². The van der Waals surface area contributed by atoms with E-state index in [1.165, 1.54) is 14.2 Å². The molecule has 0 saturated carbocycles. The highest BCUT2D eigenvalue weighted by atomic mass is 16.5. The molecule has 2 N–H and O–H groups in total. The first-order valence-electron chi connectivity index (χ1n) is 13.3. The first-order chi connectivity index (χ1) is 19.2. The van der Waals surface area contributed by atoms with Crippen molar-refractivity contribution in [1.82, 2.24) is 4.90 Å². The molecule has 8 heteroatoms. The van der Waals surface area contributed by atoms with Gasteiger partial charge in [-0.05, 0) is 61.7 Å². The van der Waals surface area contributed by atoms with Gasteiger partial charge in [0.05, 0.1) is 37.4 Å². The van der Waals surface area contributed by atoms with Crippen LogP contribution in [0.4, 0.5) is 0 Å². The lowest BCUT2D eigenvalue weighted by molar-refractivity contribution is -0.140. The van der Waals surface area contributed by atoms with Crippen LogP contribution in [0.15, 0.2) is 90.2 Å². The molecule has 40 heavy (non-hydrogen) atoms. The quantitative estimate of drug-likeness (QED) is 0.273. The summed E-state index contributed by atoms with van der Waals surface area (Å²) in [4.78, 5) is 39.1. The van der Waals surface area contributed by atoms with Crippen molar-refractivity contribution in [3.8, 4) is 0 Å². The van der Waals surface area contributed by atoms with E-state index in [0.717, 1.165) is 11.1 Å². The minimum atomic E-state index is -0.724. The smallest absolute Gasteiger partial charge is 0.337 e. The highest BCUT2D eigenvalue weighted by Gasteiger charge is 2.22. The molecule has 1 unspecified atom stereocenters. The third-order valence-electron chi connectivity index (χ3n) is 6.49. The maximum atomic E-state index is 13.7. The molecule has 1 aliphatic rings. The lowest BCUT2D eigenvalue weighted by atomic mass is 10.0. The summed E-state index contributed by atoms with van der Waals surface area (Å²) in [6.07, 6.45) is 8.78. The third-order valence-corrected chi connectivity index (χ3v) is 6.49. The van der Waals surface area contributed by atoms with Crippen LogP contribution in [0.5, 0.6) is 0 Å². The fraction of sp³-hybridized carbons (Fsp3) is 0.344. The summed E-state index contributed by atoms with van der Waals surface area (Å²) in [5.74, 6) is -0.309. The number of unbranched alkanes of at least 4 members (excludes halogenated alkanes) is 1. The molecule has 0 spiro atoms. The lowest BCUT2D eigenvalue weighted by Gasteiger charge is -2.22. The Morgan fingerprint density at radius 2 is 1.57 bits per heavy atom. The monoisotopic (exact) mass is 546 g/mol. The molecule has 0 saturated heterocycles. The number of nitrogens with zero attached hydrogens (tertiary/aromatic N) is 1. The minimum absolute atomic E-state index is 0.110. The van der Waals surface area contributed by atoms with E-state index in [2.05, 4.69) is 0 Å². The summed E-state index contributed by atoms with van der Waals surface area (Å²) < 4.78 is 15.6. The largest absolute Gasteiger partial charge is 0.488 e. The number of carbonyl (C=O) groups excluding carboxylic acids is 3. The Bertz CT molecular complexity index is 1250. The van der Waals surface area contributed by atoms with Crippen LogP contribution in [0.3, 0.4) is 0 Å². The van der Waals surface area contributed by atoms with E-state index < -0.39 is 11.5 Å². The van der Waals surface area contributed by atoms with E-state index in [4.69, 9.17) is 19.9 Å². The van der Waals surface area contributed by atoms with Gasteiger partial charge >= 0.3 is 11.9 Å². The van der Waals surface area contributed by atoms with Crippen molar-refractivity contribution < 1.29 is 28.6 Å². The second-order valence-electron chi connectivity index (χ2n) is 9.94. The summed E-state index contributed by atoms with van der Waals surface area (Å²) in [6, 6.07) is 16.9. The molecular formula is C32H38N2O6. The second-order valence-corrected chi connectivity index (χ2v) is 9.94. The van der Waals surface area contributed by atoms with E-state index in [0.29, 0.717) is 55.9 Å². The van der Waals surface area contributed by atoms with Gasteiger partial charge in [-0.25, -0.2) is 4.79 Å². The number of ketones is 1. The van der Waals surface area contributed by atoms with E-state index in [1.807, 2.05) is 60.4 Å². The van der Waals surface area contributed by atoms with E-state index in [9.17, 15) is 14.4 Å². The number of benzene rings is 2. The molecule has 0 heterocycles. The summed E-state index contributed by atoms with van der Waals surface area (Å²) in [5, 5.41) is 0. The Balaban J connectivity index is 1.79. The molecular weight excluding hydrogens is 508 g/mol. The molecule has 212 valence electrons. The van der Waals surface area contributed by atoms with Crippen molar-refractivity contribution in [2.75, 3.05) is 27.3 Å². The number of Topliss-reactive ketones (excluding diaryl/α,β-unsaturated/α-hetero) is 1. The van der Waals surface area contributed by atoms with Crippen LogP contribution in [-0.4, -0.2) is 55.5 Å². The number of hydrogen-bond donors (Lipinski definition) is 1. The molecule has 0 radical (unpaired) electrons. The first-order valence-corrected chi connectivity index (χ1v) is 13.3. The Labute approximate surface area is 236 Å². The summed E-state index contributed by atoms with van der Waals surface area (Å²) >= 11 is 0. The molecule has 0 fully saturated rings. The predicted molar refractivity (Wildman–Crippen MR) is 153 cm³/mol. The number of carbonyl (C=O) groups is 3. The van der Waals surface area contributed by atoms with Gasteiger partial charge < -0.3 is 19.9 Å². The third kappa shape index (κ3) is 9.63. The maximum absolute atomic E-state index is 13.7. The van der Waals surface area contributed by atoms with Crippen molar-refractivity contribution in [2.24, 2.45) is 5.73 Å². The number of ether oxygens (including phenoxy) is 3. The molecule has 1 aliphatic carbocycles. The lowest BCUT2D eigenvalue weighted by Crippen LogP contribution is -2.32. The van der Waals surface area contributed by atoms with Crippen LogP contribution < -0.4 is 5.73 Å². The molecule has 0 amide bonds. The highest BCUT2D eigenvalue weighted by Crippen LogP contribution is 2.22. The SMILES string of the molecule is COC(=O)CCCCN(CC(=O)C1=C(OCc2ccccc2)C=CC(C)(N)C=C1)Cc1ccc(C(=O)OC)cc1. The van der Waals surface area contributed by atoms with Crippen LogP contribution in [-0.2, 0) is 37.0 Å². The van der Waals surface area contributed by atoms with Gasteiger partial charge in [-0.1, -0.05) is 54.6 Å². The van der Waals surface area contributed by atoms with E-state index in [1.54, 1.807) is 30.4 Å². The fourth-order valence-corrected chi connectivity index (χ4v) is 4.17. The maximum Gasteiger partial charge on any atom is 0.337 e. The average Bonchev–Trinajstić information content (AvgIpc) is 3.11. The van der Waals surface area contributed by atoms with Crippen LogP contribution in [0, 0.1) is 0 Å². The molecule has 8 nitrogen and oxygen atoms in total. The highest BCUT2D eigenvalue weighted by molar-refractivity contribution is 6.00. The summed E-state index contributed by atoms with van der Waals surface area (Å²) in [5.41, 5.74) is 8.43. The van der Waals surface area contributed by atoms with E-state index >= 15 is 0 Å². The number of allylic oxidation sites excluding steroid dienone is 2. The molecule has 0 aromatic heterocycles. The molecule has 2 aromatic rings. The molecule has 2 aromatic carbocycles. The zero-order chi connectivity index (χ0) is 29.0. The molecule has 0 aliphatic heterocycles. The van der Waals surface area contributed by atoms with Crippen molar-refractivity contribution in [3.63, 3.8) is 0 Å². The predicted octanol–water partition coefficient (Wildman–Crippen LogP) is 4.50. The van der Waals surface area contributed by atoms with Gasteiger partial charge in [0.25, 0.3) is 0 Å². The Morgan fingerprint density at radius 1 is 0.875 bits per heavy atom. The minimum Gasteiger partial charge on any atom is -0.488 e. The normalized spacial score (nSPS) is 16.5. The van der Waals surface area contributed by atoms with Gasteiger partial charge in [0.15, 0.2) is 5.78 Å². The number of rotatable bonds is 14. The van der Waals surface area contributed by atoms with Gasteiger partial charge in [-0.15, -0.1) is 0 Å². The van der Waals surface area contributed by atoms with Crippen LogP contribution in [0.1, 0.15) is 47.7 Å². The van der Waals surface area contributed by atoms with E-state index in [-0.39, 0.29) is 18.3 Å². The number of hydrogen-bond acceptors (Lipinski definition) is 8. The average molecular weight is 547 g/mol. The zero-order valence-corrected chi connectivity index (χ0v) is 23.4. The van der Waals surface area contributed by atoms with Crippen LogP contribution in [0.2, 0.25) is 0 Å². The van der Waals surface area contributed by atoms with Crippen molar-refractivity contribution >= 4 is 17.7 Å². The Kier molecular flexibility index (Phi) is 11.4. The van der Waals surface area contributed by atoms with Gasteiger partial charge in [-0.2, -0.15) is 0 Å². The zero-order valence-electron chi connectivity index (χ0n) is 23.4. The second kappa shape index (κ2) is 15.0. The van der Waals surface area contributed by atoms with Gasteiger partial charge in [0, 0.05) is 13.0 Å². The van der Waals surface area contributed by atoms with Crippen LogP contribution in [0.25, 0.3) is 0 Å². The van der Waals surface area contributed by atoms with Gasteiger partial charge in [0.2, 0.25) is 0 Å². The Morgan fingerprint density at radius 3 is 2.25 bits per heavy atom. The molecule has 0 bridgehead atoms. The Hall–Kier alpha value is -4.01. The van der Waals surface area contributed by atoms with Crippen molar-refractivity contribution in [3.05, 3.63) is 107 Å². The number of esters is 2. The number of nitrogens with two attached hydrogens (primary N) is 1. The first kappa shape index (κ1) is 30.5. The van der Waals surface area contributed by atoms with Crippen LogP contribution >= 0.6 is 0 Å². The van der Waals surface area contributed by atoms with Gasteiger partial charge in [-0.3, -0.25) is 14.5 Å². The number of methoxy groups -OCH3 is 2. The standard InChI is InChI=1S/C32H38N2O6/c1-32(33)18-16-27(29(17-19-32)40-23-25-9-5-4-6-10-25)28(35)22-34(20-8-7-11-30(36)38-2)21-24-12-14-26(15-13-24)31(37)39-3/h4-6,9-10,12-19H,7-8,11,20-23,33H2,1-3H3. The summed E-state index contributed by atoms with van der Waals surface area (Å²) in [6.45, 7) is 3.37. The fourth-order valence-electron chi connectivity index (χ4n) is 4.17.